The Labute approximate surface area is 338 Å². The molecule has 4 aromatic heterocycles. The number of rotatable bonds is 11. The van der Waals surface area contributed by atoms with E-state index in [-0.39, 0.29) is 0 Å². The van der Waals surface area contributed by atoms with Gasteiger partial charge in [0, 0.05) is 58.6 Å². The smallest absolute Gasteiger partial charge is 0.237 e. The summed E-state index contributed by atoms with van der Waals surface area (Å²) in [4.78, 5) is 22.2. The van der Waals surface area contributed by atoms with Gasteiger partial charge in [0.05, 0.1) is 11.0 Å². The van der Waals surface area contributed by atoms with E-state index >= 15 is 0 Å². The van der Waals surface area contributed by atoms with Gasteiger partial charge in [-0.1, -0.05) is 72.8 Å². The minimum Gasteiger partial charge on any atom is -0.457 e. The van der Waals surface area contributed by atoms with Crippen LogP contribution in [0.4, 0.5) is 0 Å². The standard InChI is InChI=1S/C49H32N6O4/c1-3-11-33(12-4-1)41-19-9-25-51-47(41)58-37-17-7-15-35(27-37)56-39-21-23-43-44-24-22-40(30-46(44)55(45(43)29-39)49-53-31-50-32-54-49)57-36-16-8-18-38(28-36)59-48-42(20-10-26-52-48)34-13-5-2-6-14-34/h1-32H. The predicted octanol–water partition coefficient (Wildman–Crippen LogP) is 12.3. The monoisotopic (exact) mass is 768 g/mol. The zero-order valence-electron chi connectivity index (χ0n) is 31.3. The van der Waals surface area contributed by atoms with E-state index in [1.54, 1.807) is 12.4 Å². The van der Waals surface area contributed by atoms with Gasteiger partial charge in [0.1, 0.15) is 47.2 Å². The molecule has 10 nitrogen and oxygen atoms in total. The molecule has 0 atom stereocenters. The second-order valence-electron chi connectivity index (χ2n) is 13.4. The lowest BCUT2D eigenvalue weighted by atomic mass is 10.1. The molecule has 0 radical (unpaired) electrons. The Balaban J connectivity index is 0.945. The van der Waals surface area contributed by atoms with Crippen LogP contribution in [0.3, 0.4) is 0 Å². The van der Waals surface area contributed by atoms with Gasteiger partial charge < -0.3 is 18.9 Å². The first-order chi connectivity index (χ1) is 29.2. The third kappa shape index (κ3) is 7.37. The first-order valence-electron chi connectivity index (χ1n) is 18.8. The van der Waals surface area contributed by atoms with Gasteiger partial charge in [-0.05, 0) is 83.9 Å². The summed E-state index contributed by atoms with van der Waals surface area (Å²) in [6.07, 6.45) is 6.40. The predicted molar refractivity (Wildman–Crippen MR) is 227 cm³/mol. The molecule has 0 amide bonds. The summed E-state index contributed by atoms with van der Waals surface area (Å²) >= 11 is 0. The van der Waals surface area contributed by atoms with Crippen LogP contribution >= 0.6 is 0 Å². The highest BCUT2D eigenvalue weighted by Crippen LogP contribution is 2.39. The van der Waals surface area contributed by atoms with E-state index in [4.69, 9.17) is 18.9 Å². The van der Waals surface area contributed by atoms with Crippen molar-refractivity contribution >= 4 is 21.8 Å². The third-order valence-corrected chi connectivity index (χ3v) is 9.61. The molecular weight excluding hydrogens is 737 g/mol. The molecule has 0 fully saturated rings. The van der Waals surface area contributed by atoms with Crippen molar-refractivity contribution in [2.24, 2.45) is 0 Å². The lowest BCUT2D eigenvalue weighted by Crippen LogP contribution is -2.01. The first kappa shape index (κ1) is 35.1. The summed E-state index contributed by atoms with van der Waals surface area (Å²) < 4.78 is 27.5. The maximum absolute atomic E-state index is 6.45. The SMILES string of the molecule is c1ccc(-c2cccnc2Oc2cccc(Oc3ccc4c5ccc(Oc6cccc(Oc7ncccc7-c7ccccc7)c6)cc5n(-c5ncncn5)c4c3)c2)cc1. The van der Waals surface area contributed by atoms with Crippen LogP contribution in [0.5, 0.6) is 46.3 Å². The summed E-state index contributed by atoms with van der Waals surface area (Å²) in [7, 11) is 0. The fourth-order valence-electron chi connectivity index (χ4n) is 6.99. The highest BCUT2D eigenvalue weighted by Gasteiger charge is 2.17. The number of pyridine rings is 2. The van der Waals surface area contributed by atoms with Crippen molar-refractivity contribution in [1.29, 1.82) is 0 Å². The minimum absolute atomic E-state index is 0.453. The average Bonchev–Trinajstić information content (AvgIpc) is 3.60. The number of hydrogen-bond donors (Lipinski definition) is 0. The Hall–Kier alpha value is -8.37. The molecule has 10 rings (SSSR count). The van der Waals surface area contributed by atoms with Crippen LogP contribution in [0.1, 0.15) is 0 Å². The number of aromatic nitrogens is 6. The van der Waals surface area contributed by atoms with Gasteiger partial charge >= 0.3 is 0 Å². The maximum atomic E-state index is 6.45. The fourth-order valence-corrected chi connectivity index (χ4v) is 6.99. The topological polar surface area (TPSA) is 106 Å². The zero-order valence-corrected chi connectivity index (χ0v) is 31.3. The van der Waals surface area contributed by atoms with Crippen LogP contribution in [0.2, 0.25) is 0 Å². The third-order valence-electron chi connectivity index (χ3n) is 9.61. The second kappa shape index (κ2) is 15.6. The summed E-state index contributed by atoms with van der Waals surface area (Å²) in [6, 6.07) is 54.8. The van der Waals surface area contributed by atoms with E-state index < -0.39 is 0 Å². The minimum atomic E-state index is 0.453. The Morgan fingerprint density at radius 3 is 1.27 bits per heavy atom. The maximum Gasteiger partial charge on any atom is 0.237 e. The molecule has 0 aliphatic carbocycles. The average molecular weight is 769 g/mol. The highest BCUT2D eigenvalue weighted by molar-refractivity contribution is 6.09. The van der Waals surface area contributed by atoms with E-state index in [0.29, 0.717) is 52.2 Å². The van der Waals surface area contributed by atoms with Crippen molar-refractivity contribution in [3.8, 4) is 74.5 Å². The Morgan fingerprint density at radius 1 is 0.356 bits per heavy atom. The van der Waals surface area contributed by atoms with Crippen LogP contribution in [0.25, 0.3) is 50.0 Å². The van der Waals surface area contributed by atoms with E-state index in [0.717, 1.165) is 44.1 Å². The zero-order chi connectivity index (χ0) is 39.4. The second-order valence-corrected chi connectivity index (χ2v) is 13.4. The molecule has 4 heterocycles. The van der Waals surface area contributed by atoms with Crippen molar-refractivity contribution in [1.82, 2.24) is 29.5 Å². The largest absolute Gasteiger partial charge is 0.457 e. The van der Waals surface area contributed by atoms with Gasteiger partial charge in [-0.3, -0.25) is 4.57 Å². The van der Waals surface area contributed by atoms with Crippen LogP contribution in [-0.2, 0) is 0 Å². The first-order valence-corrected chi connectivity index (χ1v) is 18.8. The van der Waals surface area contributed by atoms with Crippen molar-refractivity contribution in [3.05, 3.63) is 195 Å². The molecule has 282 valence electrons. The fraction of sp³-hybridized carbons (Fsp3) is 0. The molecule has 59 heavy (non-hydrogen) atoms. The van der Waals surface area contributed by atoms with Gasteiger partial charge in [0.2, 0.25) is 17.7 Å². The number of benzene rings is 6. The van der Waals surface area contributed by atoms with Crippen molar-refractivity contribution in [2.75, 3.05) is 0 Å². The molecule has 10 heteroatoms. The molecule has 0 unspecified atom stereocenters. The van der Waals surface area contributed by atoms with Gasteiger partial charge in [0.25, 0.3) is 0 Å². The number of fused-ring (bicyclic) bond motifs is 3. The number of hydrogen-bond acceptors (Lipinski definition) is 9. The van der Waals surface area contributed by atoms with E-state index in [9.17, 15) is 0 Å². The highest BCUT2D eigenvalue weighted by atomic mass is 16.5. The van der Waals surface area contributed by atoms with E-state index in [2.05, 4.69) is 24.9 Å². The lowest BCUT2D eigenvalue weighted by molar-refractivity contribution is 0.450. The van der Waals surface area contributed by atoms with E-state index in [1.807, 2.05) is 174 Å². The van der Waals surface area contributed by atoms with E-state index in [1.165, 1.54) is 12.7 Å². The quantitative estimate of drug-likeness (QED) is 0.127. The molecular formula is C49H32N6O4. The molecule has 0 N–H and O–H groups in total. The lowest BCUT2D eigenvalue weighted by Gasteiger charge is -2.12. The Kier molecular flexibility index (Phi) is 9.30. The Bertz CT molecular complexity index is 2880. The van der Waals surface area contributed by atoms with Gasteiger partial charge in [0.15, 0.2) is 0 Å². The summed E-state index contributed by atoms with van der Waals surface area (Å²) in [5, 5.41) is 1.97. The van der Waals surface area contributed by atoms with Gasteiger partial charge in [-0.15, -0.1) is 0 Å². The van der Waals surface area contributed by atoms with Crippen LogP contribution in [0, 0.1) is 0 Å². The molecule has 0 aliphatic heterocycles. The van der Waals surface area contributed by atoms with Crippen molar-refractivity contribution in [3.63, 3.8) is 0 Å². The molecule has 0 spiro atoms. The summed E-state index contributed by atoms with van der Waals surface area (Å²) in [5.41, 5.74) is 5.50. The number of ether oxygens (including phenoxy) is 4. The molecule has 0 saturated heterocycles. The molecule has 0 bridgehead atoms. The molecule has 6 aromatic carbocycles. The Morgan fingerprint density at radius 2 is 0.797 bits per heavy atom. The van der Waals surface area contributed by atoms with Crippen LogP contribution < -0.4 is 18.9 Å². The van der Waals surface area contributed by atoms with Crippen LogP contribution in [0.15, 0.2) is 195 Å². The number of nitrogens with zero attached hydrogens (tertiary/aromatic N) is 6. The van der Waals surface area contributed by atoms with Gasteiger partial charge in [-0.25, -0.2) is 24.9 Å². The van der Waals surface area contributed by atoms with Crippen molar-refractivity contribution in [2.45, 2.75) is 0 Å². The molecule has 10 aromatic rings. The molecule has 0 saturated carbocycles. The molecule has 0 aliphatic rings. The van der Waals surface area contributed by atoms with Crippen molar-refractivity contribution < 1.29 is 18.9 Å². The normalized spacial score (nSPS) is 11.1. The van der Waals surface area contributed by atoms with Crippen LogP contribution in [-0.4, -0.2) is 29.5 Å². The summed E-state index contributed by atoms with van der Waals surface area (Å²) in [5.74, 6) is 5.09. The van der Waals surface area contributed by atoms with Gasteiger partial charge in [-0.2, -0.15) is 0 Å². The summed E-state index contributed by atoms with van der Waals surface area (Å²) in [6.45, 7) is 0.